The molecule has 1 amide bonds. The van der Waals surface area contributed by atoms with Crippen LogP contribution in [0.4, 0.5) is 20.2 Å². The Labute approximate surface area is 163 Å². The molecule has 138 valence electrons. The number of ether oxygens (including phenoxy) is 1. The lowest BCUT2D eigenvalue weighted by Gasteiger charge is -2.17. The number of nitrogens with one attached hydrogen (secondary N) is 2. The van der Waals surface area contributed by atoms with E-state index in [0.29, 0.717) is 10.2 Å². The van der Waals surface area contributed by atoms with Crippen molar-refractivity contribution >= 4 is 39.9 Å². The highest BCUT2D eigenvalue weighted by atomic mass is 127. The number of halogens is 3. The largest absolute Gasteiger partial charge is 0.492 e. The van der Waals surface area contributed by atoms with Gasteiger partial charge in [-0.2, -0.15) is 0 Å². The Morgan fingerprint density at radius 1 is 1.31 bits per heavy atom. The van der Waals surface area contributed by atoms with E-state index in [9.17, 15) is 13.6 Å². The van der Waals surface area contributed by atoms with Crippen LogP contribution in [-0.2, 0) is 0 Å². The molecule has 1 heterocycles. The fourth-order valence-corrected chi connectivity index (χ4v) is 3.30. The molecule has 26 heavy (non-hydrogen) atoms. The van der Waals surface area contributed by atoms with Crippen LogP contribution in [0, 0.1) is 21.1 Å². The molecule has 0 aromatic heterocycles. The Morgan fingerprint density at radius 2 is 2.12 bits per heavy atom. The van der Waals surface area contributed by atoms with E-state index in [4.69, 9.17) is 10.5 Å². The summed E-state index contributed by atoms with van der Waals surface area (Å²) in [6.07, 6.45) is 0.945. The molecule has 4 N–H and O–H groups in total. The second-order valence-corrected chi connectivity index (χ2v) is 7.36. The van der Waals surface area contributed by atoms with Gasteiger partial charge >= 0.3 is 0 Å². The minimum atomic E-state index is -0.780. The molecule has 0 spiro atoms. The minimum Gasteiger partial charge on any atom is -0.492 e. The van der Waals surface area contributed by atoms with Crippen molar-refractivity contribution in [2.45, 2.75) is 6.42 Å². The van der Waals surface area contributed by atoms with E-state index in [1.165, 1.54) is 12.1 Å². The number of benzene rings is 2. The van der Waals surface area contributed by atoms with Gasteiger partial charge in [0.2, 0.25) is 0 Å². The van der Waals surface area contributed by atoms with Crippen LogP contribution in [0.15, 0.2) is 30.3 Å². The Kier molecular flexibility index (Phi) is 5.92. The standard InChI is InChI=1S/C18H18F2IN3O2/c19-11-5-15(24-14-2-1-12(21)7-13(14)20)17(18(22)25)16(6-11)26-9-10-3-4-23-8-10/h1-2,5-7,10,23-24H,3-4,8-9H2,(H2,22,25). The van der Waals surface area contributed by atoms with E-state index in [1.54, 1.807) is 6.07 Å². The topological polar surface area (TPSA) is 76.4 Å². The smallest absolute Gasteiger partial charge is 0.254 e. The Balaban J connectivity index is 1.91. The average Bonchev–Trinajstić information content (AvgIpc) is 3.08. The molecule has 1 atom stereocenters. The van der Waals surface area contributed by atoms with Crippen LogP contribution in [0.1, 0.15) is 16.8 Å². The molecule has 0 saturated carbocycles. The van der Waals surface area contributed by atoms with Crippen molar-refractivity contribution < 1.29 is 18.3 Å². The molecular formula is C18H18F2IN3O2. The minimum absolute atomic E-state index is 0.00435. The molecule has 8 heteroatoms. The molecule has 1 saturated heterocycles. The van der Waals surface area contributed by atoms with Gasteiger partial charge in [-0.1, -0.05) is 0 Å². The first-order valence-corrected chi connectivity index (χ1v) is 9.21. The maximum Gasteiger partial charge on any atom is 0.254 e. The lowest BCUT2D eigenvalue weighted by atomic mass is 10.1. The van der Waals surface area contributed by atoms with Gasteiger partial charge in [-0.3, -0.25) is 4.79 Å². The first-order valence-electron chi connectivity index (χ1n) is 8.13. The van der Waals surface area contributed by atoms with Crippen LogP contribution < -0.4 is 21.1 Å². The Morgan fingerprint density at radius 3 is 2.77 bits per heavy atom. The monoisotopic (exact) mass is 473 g/mol. The quantitative estimate of drug-likeness (QED) is 0.563. The number of rotatable bonds is 6. The fourth-order valence-electron chi connectivity index (χ4n) is 2.85. The summed E-state index contributed by atoms with van der Waals surface area (Å²) in [5.41, 5.74) is 5.65. The van der Waals surface area contributed by atoms with E-state index in [0.717, 1.165) is 31.6 Å². The predicted molar refractivity (Wildman–Crippen MR) is 104 cm³/mol. The average molecular weight is 473 g/mol. The van der Waals surface area contributed by atoms with Gasteiger partial charge in [0.05, 0.1) is 18.0 Å². The highest BCUT2D eigenvalue weighted by molar-refractivity contribution is 14.1. The van der Waals surface area contributed by atoms with Crippen molar-refractivity contribution in [1.82, 2.24) is 5.32 Å². The van der Waals surface area contributed by atoms with Crippen molar-refractivity contribution in [3.8, 4) is 5.75 Å². The maximum absolute atomic E-state index is 14.1. The van der Waals surface area contributed by atoms with E-state index in [2.05, 4.69) is 10.6 Å². The number of nitrogens with two attached hydrogens (primary N) is 1. The third kappa shape index (κ3) is 4.42. The number of anilines is 2. The third-order valence-corrected chi connectivity index (χ3v) is 4.82. The molecule has 1 aliphatic rings. The van der Waals surface area contributed by atoms with Crippen LogP contribution in [0.3, 0.4) is 0 Å². The van der Waals surface area contributed by atoms with Gasteiger partial charge in [0.25, 0.3) is 5.91 Å². The van der Waals surface area contributed by atoms with Crippen LogP contribution >= 0.6 is 22.6 Å². The summed E-state index contributed by atoms with van der Waals surface area (Å²) in [5.74, 6) is -1.57. The van der Waals surface area contributed by atoms with E-state index >= 15 is 0 Å². The molecular weight excluding hydrogens is 455 g/mol. The molecule has 1 unspecified atom stereocenters. The van der Waals surface area contributed by atoms with Gasteiger partial charge in [0.15, 0.2) is 0 Å². The highest BCUT2D eigenvalue weighted by Gasteiger charge is 2.21. The number of hydrogen-bond acceptors (Lipinski definition) is 4. The molecule has 1 aliphatic heterocycles. The zero-order valence-electron chi connectivity index (χ0n) is 13.8. The van der Waals surface area contributed by atoms with E-state index in [-0.39, 0.29) is 28.6 Å². The van der Waals surface area contributed by atoms with Gasteiger partial charge in [-0.05, 0) is 59.8 Å². The molecule has 0 bridgehead atoms. The number of amides is 1. The summed E-state index contributed by atoms with van der Waals surface area (Å²) < 4.78 is 34.6. The first-order chi connectivity index (χ1) is 12.4. The van der Waals surface area contributed by atoms with E-state index in [1.807, 2.05) is 22.6 Å². The Bertz CT molecular complexity index is 826. The molecule has 1 fully saturated rings. The first kappa shape index (κ1) is 18.8. The Hall–Kier alpha value is -1.94. The summed E-state index contributed by atoms with van der Waals surface area (Å²) in [4.78, 5) is 12.0. The SMILES string of the molecule is NC(=O)c1c(Nc2ccc(I)cc2F)cc(F)cc1OCC1CCNC1. The van der Waals surface area contributed by atoms with Gasteiger partial charge < -0.3 is 21.1 Å². The molecule has 2 aromatic rings. The number of primary amides is 1. The van der Waals surface area contributed by atoms with Gasteiger partial charge in [-0.15, -0.1) is 0 Å². The second kappa shape index (κ2) is 8.17. The summed E-state index contributed by atoms with van der Waals surface area (Å²) >= 11 is 1.98. The molecule has 3 rings (SSSR count). The van der Waals surface area contributed by atoms with Crippen molar-refractivity contribution in [3.05, 3.63) is 51.1 Å². The lowest BCUT2D eigenvalue weighted by Crippen LogP contribution is -2.19. The fraction of sp³-hybridized carbons (Fsp3) is 0.278. The number of carbonyl (C=O) groups is 1. The van der Waals surface area contributed by atoms with Crippen molar-refractivity contribution in [2.75, 3.05) is 25.0 Å². The highest BCUT2D eigenvalue weighted by Crippen LogP contribution is 2.32. The van der Waals surface area contributed by atoms with E-state index < -0.39 is 17.5 Å². The van der Waals surface area contributed by atoms with Gasteiger partial charge in [-0.25, -0.2) is 8.78 Å². The third-order valence-electron chi connectivity index (χ3n) is 4.15. The molecule has 2 aromatic carbocycles. The molecule has 0 radical (unpaired) electrons. The lowest BCUT2D eigenvalue weighted by molar-refractivity contribution is 0.0996. The number of carbonyl (C=O) groups excluding carboxylic acids is 1. The molecule has 5 nitrogen and oxygen atoms in total. The van der Waals surface area contributed by atoms with Crippen LogP contribution in [0.2, 0.25) is 0 Å². The van der Waals surface area contributed by atoms with Crippen LogP contribution in [0.5, 0.6) is 5.75 Å². The van der Waals surface area contributed by atoms with Crippen LogP contribution in [-0.4, -0.2) is 25.6 Å². The van der Waals surface area contributed by atoms with Crippen molar-refractivity contribution in [1.29, 1.82) is 0 Å². The zero-order chi connectivity index (χ0) is 18.7. The summed E-state index contributed by atoms with van der Waals surface area (Å²) in [7, 11) is 0. The summed E-state index contributed by atoms with van der Waals surface area (Å²) in [6.45, 7) is 2.05. The van der Waals surface area contributed by atoms with Gasteiger partial charge in [0.1, 0.15) is 22.9 Å². The summed E-state index contributed by atoms with van der Waals surface area (Å²) in [5, 5.41) is 5.96. The van der Waals surface area contributed by atoms with Gasteiger partial charge in [0, 0.05) is 22.1 Å². The number of hydrogen-bond donors (Lipinski definition) is 3. The van der Waals surface area contributed by atoms with Crippen molar-refractivity contribution in [2.24, 2.45) is 11.7 Å². The zero-order valence-corrected chi connectivity index (χ0v) is 16.0. The normalized spacial score (nSPS) is 16.5. The summed E-state index contributed by atoms with van der Waals surface area (Å²) in [6, 6.07) is 6.76. The van der Waals surface area contributed by atoms with Crippen LogP contribution in [0.25, 0.3) is 0 Å². The maximum atomic E-state index is 14.1. The van der Waals surface area contributed by atoms with Crippen molar-refractivity contribution in [3.63, 3.8) is 0 Å². The molecule has 0 aliphatic carbocycles. The predicted octanol–water partition coefficient (Wildman–Crippen LogP) is 3.40. The second-order valence-electron chi connectivity index (χ2n) is 6.11.